The van der Waals surface area contributed by atoms with Crippen LogP contribution in [0.4, 0.5) is 20.2 Å². The van der Waals surface area contributed by atoms with Crippen LogP contribution in [0.15, 0.2) is 42.5 Å². The van der Waals surface area contributed by atoms with Gasteiger partial charge in [-0.25, -0.2) is 13.8 Å². The first-order valence-corrected chi connectivity index (χ1v) is 8.76. The Morgan fingerprint density at radius 3 is 2.56 bits per heavy atom. The maximum atomic E-state index is 12.9. The molecular formula is C19H19F2N5O. The molecule has 4 rings (SSSR count). The van der Waals surface area contributed by atoms with Gasteiger partial charge in [-0.15, -0.1) is 0 Å². The molecule has 1 aliphatic heterocycles. The molecule has 6 nitrogen and oxygen atoms in total. The monoisotopic (exact) mass is 371 g/mol. The molecule has 2 aromatic carbocycles. The zero-order chi connectivity index (χ0) is 18.8. The predicted molar refractivity (Wildman–Crippen MR) is 101 cm³/mol. The highest BCUT2D eigenvalue weighted by Gasteiger charge is 2.18. The number of anilines is 2. The number of nitrogens with zero attached hydrogens (tertiary/aromatic N) is 2. The molecule has 0 spiro atoms. The van der Waals surface area contributed by atoms with Crippen LogP contribution in [0.2, 0.25) is 0 Å². The van der Waals surface area contributed by atoms with Gasteiger partial charge < -0.3 is 20.5 Å². The van der Waals surface area contributed by atoms with Gasteiger partial charge in [-0.2, -0.15) is 0 Å². The van der Waals surface area contributed by atoms with E-state index in [2.05, 4.69) is 25.5 Å². The van der Waals surface area contributed by atoms with Gasteiger partial charge in [0.2, 0.25) is 0 Å². The van der Waals surface area contributed by atoms with Gasteiger partial charge in [-0.3, -0.25) is 4.79 Å². The number of benzene rings is 2. The van der Waals surface area contributed by atoms with E-state index in [1.54, 1.807) is 18.2 Å². The van der Waals surface area contributed by atoms with Crippen molar-refractivity contribution in [3.63, 3.8) is 0 Å². The molecule has 0 aliphatic carbocycles. The summed E-state index contributed by atoms with van der Waals surface area (Å²) >= 11 is 0. The second-order valence-corrected chi connectivity index (χ2v) is 6.36. The van der Waals surface area contributed by atoms with Crippen molar-refractivity contribution >= 4 is 28.3 Å². The highest BCUT2D eigenvalue weighted by molar-refractivity contribution is 6.11. The fourth-order valence-corrected chi connectivity index (χ4v) is 3.21. The summed E-state index contributed by atoms with van der Waals surface area (Å²) in [4.78, 5) is 21.3. The van der Waals surface area contributed by atoms with E-state index in [1.165, 1.54) is 0 Å². The number of aromatic nitrogens is 2. The second kappa shape index (κ2) is 7.32. The first-order chi connectivity index (χ1) is 13.1. The fourth-order valence-electron chi connectivity index (χ4n) is 3.21. The number of H-pyrrole nitrogens is 1. The Bertz CT molecular complexity index is 948. The number of para-hydroxylation sites is 1. The third-order valence-corrected chi connectivity index (χ3v) is 4.59. The second-order valence-electron chi connectivity index (χ2n) is 6.36. The lowest BCUT2D eigenvalue weighted by atomic mass is 10.1. The first kappa shape index (κ1) is 17.4. The minimum Gasteiger partial charge on any atom is -0.369 e. The van der Waals surface area contributed by atoms with Crippen LogP contribution in [-0.2, 0) is 0 Å². The van der Waals surface area contributed by atoms with Gasteiger partial charge in [0.05, 0.1) is 11.1 Å². The van der Waals surface area contributed by atoms with Crippen LogP contribution in [0.3, 0.4) is 0 Å². The maximum Gasteiger partial charge on any atom is 0.295 e. The molecule has 0 saturated carbocycles. The Morgan fingerprint density at radius 1 is 1.11 bits per heavy atom. The van der Waals surface area contributed by atoms with Gasteiger partial charge >= 0.3 is 0 Å². The number of halogens is 2. The lowest BCUT2D eigenvalue weighted by Crippen LogP contribution is -2.43. The van der Waals surface area contributed by atoms with E-state index in [-0.39, 0.29) is 17.0 Å². The lowest BCUT2D eigenvalue weighted by Gasteiger charge is -2.29. The van der Waals surface area contributed by atoms with Gasteiger partial charge in [-0.1, -0.05) is 6.07 Å². The molecule has 0 radical (unpaired) electrons. The molecule has 1 saturated heterocycles. The molecule has 0 unspecified atom stereocenters. The summed E-state index contributed by atoms with van der Waals surface area (Å²) in [5, 5.41) is 6.12. The van der Waals surface area contributed by atoms with Crippen LogP contribution in [0.1, 0.15) is 22.6 Å². The van der Waals surface area contributed by atoms with E-state index in [9.17, 15) is 13.6 Å². The molecule has 27 heavy (non-hydrogen) atoms. The summed E-state index contributed by atoms with van der Waals surface area (Å²) in [6.07, 6.45) is -2.72. The van der Waals surface area contributed by atoms with Gasteiger partial charge in [0.1, 0.15) is 5.52 Å². The summed E-state index contributed by atoms with van der Waals surface area (Å²) in [6.45, 7) is 3.79. The number of hydrogen-bond donors (Lipinski definition) is 3. The Kier molecular flexibility index (Phi) is 4.72. The van der Waals surface area contributed by atoms with Crippen molar-refractivity contribution in [2.75, 3.05) is 36.4 Å². The number of amides is 1. The Labute approximate surface area is 154 Å². The Morgan fingerprint density at radius 2 is 1.85 bits per heavy atom. The summed E-state index contributed by atoms with van der Waals surface area (Å²) in [7, 11) is 0. The van der Waals surface area contributed by atoms with Crippen molar-refractivity contribution < 1.29 is 13.6 Å². The number of rotatable bonds is 4. The predicted octanol–water partition coefficient (Wildman–Crippen LogP) is 3.16. The maximum absolute atomic E-state index is 12.9. The topological polar surface area (TPSA) is 73.1 Å². The third kappa shape index (κ3) is 3.61. The zero-order valence-electron chi connectivity index (χ0n) is 14.5. The Balaban J connectivity index is 1.53. The minimum absolute atomic E-state index is 0.239. The van der Waals surface area contributed by atoms with E-state index in [0.717, 1.165) is 31.9 Å². The van der Waals surface area contributed by atoms with E-state index in [1.807, 2.05) is 24.3 Å². The number of hydrogen-bond acceptors (Lipinski definition) is 4. The van der Waals surface area contributed by atoms with Crippen molar-refractivity contribution in [1.29, 1.82) is 0 Å². The number of aromatic amines is 1. The molecule has 8 heteroatoms. The first-order valence-electron chi connectivity index (χ1n) is 8.76. The molecule has 0 atom stereocenters. The van der Waals surface area contributed by atoms with Crippen molar-refractivity contribution in [2.24, 2.45) is 0 Å². The molecule has 3 aromatic rings. The van der Waals surface area contributed by atoms with Crippen LogP contribution < -0.4 is 15.5 Å². The quantitative estimate of drug-likeness (QED) is 0.659. The van der Waals surface area contributed by atoms with Gasteiger partial charge in [-0.05, 0) is 36.4 Å². The van der Waals surface area contributed by atoms with Gasteiger partial charge in [0.15, 0.2) is 5.82 Å². The standard InChI is InChI=1S/C19H19F2N5O/c20-17(21)18-24-15-3-1-2-14(16(15)25-18)19(27)23-12-4-6-13(7-5-12)26-10-8-22-9-11-26/h1-7,17,22H,8-11H2,(H,23,27)(H,24,25). The summed E-state index contributed by atoms with van der Waals surface area (Å²) < 4.78 is 25.7. The minimum atomic E-state index is -2.72. The largest absolute Gasteiger partial charge is 0.369 e. The average molecular weight is 371 g/mol. The number of fused-ring (bicyclic) bond motifs is 1. The van der Waals surface area contributed by atoms with Crippen LogP contribution >= 0.6 is 0 Å². The van der Waals surface area contributed by atoms with Gasteiger partial charge in [0, 0.05) is 37.6 Å². The third-order valence-electron chi connectivity index (χ3n) is 4.59. The number of imidazole rings is 1. The van der Waals surface area contributed by atoms with E-state index >= 15 is 0 Å². The number of piperazine rings is 1. The highest BCUT2D eigenvalue weighted by Crippen LogP contribution is 2.24. The molecule has 2 heterocycles. The van der Waals surface area contributed by atoms with E-state index in [0.29, 0.717) is 11.2 Å². The molecule has 3 N–H and O–H groups in total. The van der Waals surface area contributed by atoms with Crippen LogP contribution in [-0.4, -0.2) is 42.1 Å². The molecule has 1 amide bonds. The van der Waals surface area contributed by atoms with Gasteiger partial charge in [0.25, 0.3) is 12.3 Å². The molecule has 1 aromatic heterocycles. The smallest absolute Gasteiger partial charge is 0.295 e. The molecule has 1 fully saturated rings. The summed E-state index contributed by atoms with van der Waals surface area (Å²) in [5.41, 5.74) is 2.64. The SMILES string of the molecule is O=C(Nc1ccc(N2CCNCC2)cc1)c1cccc2[nH]c(C(F)F)nc12. The molecular weight excluding hydrogens is 352 g/mol. The number of carbonyl (C=O) groups is 1. The fraction of sp³-hybridized carbons (Fsp3) is 0.263. The van der Waals surface area contributed by atoms with E-state index < -0.39 is 12.2 Å². The van der Waals surface area contributed by atoms with Crippen LogP contribution in [0.25, 0.3) is 11.0 Å². The van der Waals surface area contributed by atoms with Crippen molar-refractivity contribution in [3.8, 4) is 0 Å². The average Bonchev–Trinajstić information content (AvgIpc) is 3.14. The number of alkyl halides is 2. The highest BCUT2D eigenvalue weighted by atomic mass is 19.3. The Hall–Kier alpha value is -3.00. The van der Waals surface area contributed by atoms with Crippen molar-refractivity contribution in [1.82, 2.24) is 15.3 Å². The van der Waals surface area contributed by atoms with Crippen LogP contribution in [0, 0.1) is 0 Å². The lowest BCUT2D eigenvalue weighted by molar-refractivity contribution is 0.102. The number of carbonyl (C=O) groups excluding carboxylic acids is 1. The van der Waals surface area contributed by atoms with Crippen molar-refractivity contribution in [3.05, 3.63) is 53.9 Å². The zero-order valence-corrected chi connectivity index (χ0v) is 14.5. The molecule has 140 valence electrons. The van der Waals surface area contributed by atoms with Crippen LogP contribution in [0.5, 0.6) is 0 Å². The van der Waals surface area contributed by atoms with E-state index in [4.69, 9.17) is 0 Å². The number of nitrogens with one attached hydrogen (secondary N) is 3. The summed E-state index contributed by atoms with van der Waals surface area (Å²) in [5.74, 6) is -0.825. The summed E-state index contributed by atoms with van der Waals surface area (Å²) in [6, 6.07) is 12.4. The molecule has 1 aliphatic rings. The molecule has 0 bridgehead atoms. The normalized spacial score (nSPS) is 14.7. The van der Waals surface area contributed by atoms with Crippen molar-refractivity contribution in [2.45, 2.75) is 6.43 Å².